The third-order valence-corrected chi connectivity index (χ3v) is 1.77. The quantitative estimate of drug-likeness (QED) is 0.552. The molecule has 0 saturated heterocycles. The number of carbonyl (C=O) groups is 2. The van der Waals surface area contributed by atoms with Crippen molar-refractivity contribution in [3.8, 4) is 0 Å². The Labute approximate surface area is 64.4 Å². The van der Waals surface area contributed by atoms with Crippen LogP contribution in [0.25, 0.3) is 0 Å². The zero-order valence-electron chi connectivity index (χ0n) is 4.10. The van der Waals surface area contributed by atoms with E-state index in [9.17, 15) is 9.59 Å². The van der Waals surface area contributed by atoms with E-state index in [2.05, 4.69) is 15.9 Å². The maximum atomic E-state index is 9.95. The highest BCUT2D eigenvalue weighted by atomic mass is 79.9. The molecule has 0 unspecified atom stereocenters. The fourth-order valence-corrected chi connectivity index (χ4v) is 0.328. The van der Waals surface area contributed by atoms with Gasteiger partial charge in [0.05, 0.1) is 0 Å². The zero-order valence-corrected chi connectivity index (χ0v) is 6.44. The van der Waals surface area contributed by atoms with Crippen LogP contribution in [0.1, 0.15) is 0 Å². The van der Waals surface area contributed by atoms with Crippen LogP contribution in [-0.4, -0.2) is 17.4 Å². The van der Waals surface area contributed by atoms with Crippen LogP contribution in [0.15, 0.2) is 9.51 Å². The second-order valence-electron chi connectivity index (χ2n) is 1.08. The molecule has 0 aliphatic carbocycles. The van der Waals surface area contributed by atoms with Gasteiger partial charge in [-0.25, -0.2) is 4.79 Å². The topological polar surface area (TPSA) is 54.4 Å². The molecule has 0 aliphatic heterocycles. The smallest absolute Gasteiger partial charge is 0.344 e. The van der Waals surface area contributed by atoms with Gasteiger partial charge in [0.1, 0.15) is 9.51 Å². The van der Waals surface area contributed by atoms with Gasteiger partial charge in [-0.15, -0.1) is 0 Å². The third kappa shape index (κ3) is 2.62. The van der Waals surface area contributed by atoms with Crippen LogP contribution in [0, 0.1) is 0 Å². The van der Waals surface area contributed by atoms with Gasteiger partial charge < -0.3 is 5.11 Å². The van der Waals surface area contributed by atoms with Crippen molar-refractivity contribution in [3.63, 3.8) is 0 Å². The van der Waals surface area contributed by atoms with Gasteiger partial charge in [0.15, 0.2) is 6.29 Å². The summed E-state index contributed by atoms with van der Waals surface area (Å²) in [6, 6.07) is 0. The largest absolute Gasteiger partial charge is 0.477 e. The monoisotopic (exact) mass is 212 g/mol. The van der Waals surface area contributed by atoms with Crippen molar-refractivity contribution < 1.29 is 14.7 Å². The molecule has 5 heteroatoms. The van der Waals surface area contributed by atoms with E-state index < -0.39 is 5.97 Å². The van der Waals surface area contributed by atoms with E-state index >= 15 is 0 Å². The van der Waals surface area contributed by atoms with E-state index in [1.807, 2.05) is 0 Å². The number of allylic oxidation sites excluding steroid dienone is 1. The highest BCUT2D eigenvalue weighted by Crippen LogP contribution is 2.13. The molecule has 3 nitrogen and oxygen atoms in total. The molecule has 0 aromatic carbocycles. The average molecular weight is 213 g/mol. The van der Waals surface area contributed by atoms with Crippen LogP contribution in [0.3, 0.4) is 0 Å². The Kier molecular flexibility index (Phi) is 3.49. The van der Waals surface area contributed by atoms with E-state index in [0.717, 1.165) is 0 Å². The number of hydrogen-bond donors (Lipinski definition) is 1. The molecule has 9 heavy (non-hydrogen) atoms. The van der Waals surface area contributed by atoms with Crippen molar-refractivity contribution >= 4 is 39.8 Å². The fraction of sp³-hybridized carbons (Fsp3) is 0. The molecule has 0 radical (unpaired) electrons. The van der Waals surface area contributed by atoms with Gasteiger partial charge in [0.2, 0.25) is 0 Å². The maximum Gasteiger partial charge on any atom is 0.344 e. The van der Waals surface area contributed by atoms with Gasteiger partial charge in [0.25, 0.3) is 0 Å². The van der Waals surface area contributed by atoms with Crippen molar-refractivity contribution in [2.45, 2.75) is 0 Å². The number of aliphatic carboxylic acids is 1. The van der Waals surface area contributed by atoms with Crippen LogP contribution in [0.2, 0.25) is 0 Å². The summed E-state index contributed by atoms with van der Waals surface area (Å²) in [5, 5.41) is 7.79. The summed E-state index contributed by atoms with van der Waals surface area (Å²) < 4.78 is -0.320. The van der Waals surface area contributed by atoms with Gasteiger partial charge >= 0.3 is 5.97 Å². The summed E-state index contributed by atoms with van der Waals surface area (Å²) >= 11 is 7.68. The van der Waals surface area contributed by atoms with Gasteiger partial charge in [-0.05, 0) is 15.9 Å². The molecular formula is C4H2BrClO3. The Hall–Kier alpha value is -0.350. The van der Waals surface area contributed by atoms with Crippen molar-refractivity contribution in [2.75, 3.05) is 0 Å². The molecule has 50 valence electrons. The summed E-state index contributed by atoms with van der Waals surface area (Å²) in [7, 11) is 0. The van der Waals surface area contributed by atoms with Gasteiger partial charge in [-0.1, -0.05) is 11.6 Å². The van der Waals surface area contributed by atoms with E-state index in [1.165, 1.54) is 0 Å². The number of aldehydes is 1. The van der Waals surface area contributed by atoms with Crippen LogP contribution in [0.5, 0.6) is 0 Å². The number of halogens is 2. The summed E-state index contributed by atoms with van der Waals surface area (Å²) in [6.45, 7) is 0. The lowest BCUT2D eigenvalue weighted by atomic mass is 10.5. The SMILES string of the molecule is O=CC(Cl)=C(Br)C(=O)O. The number of hydrogen-bond acceptors (Lipinski definition) is 2. The molecular weight excluding hydrogens is 211 g/mol. The minimum absolute atomic E-state index is 0.250. The molecule has 0 amide bonds. The Morgan fingerprint density at radius 2 is 2.11 bits per heavy atom. The Morgan fingerprint density at radius 1 is 1.67 bits per heavy atom. The molecule has 0 aromatic rings. The molecule has 0 heterocycles. The molecule has 0 atom stereocenters. The van der Waals surface area contributed by atoms with Gasteiger partial charge in [-0.2, -0.15) is 0 Å². The first-order valence-electron chi connectivity index (χ1n) is 1.83. The maximum absolute atomic E-state index is 9.95. The third-order valence-electron chi connectivity index (χ3n) is 0.501. The van der Waals surface area contributed by atoms with E-state index in [-0.39, 0.29) is 15.8 Å². The Balaban J connectivity index is 4.47. The summed E-state index contributed by atoms with van der Waals surface area (Å²) in [6.07, 6.45) is 0.250. The average Bonchev–Trinajstić information content (AvgIpc) is 1.84. The lowest BCUT2D eigenvalue weighted by Crippen LogP contribution is -1.95. The van der Waals surface area contributed by atoms with E-state index in [1.54, 1.807) is 0 Å². The van der Waals surface area contributed by atoms with Crippen molar-refractivity contribution in [2.24, 2.45) is 0 Å². The highest BCUT2D eigenvalue weighted by molar-refractivity contribution is 9.12. The summed E-state index contributed by atoms with van der Waals surface area (Å²) in [5.41, 5.74) is 0. The van der Waals surface area contributed by atoms with Gasteiger partial charge in [0, 0.05) is 0 Å². The minimum Gasteiger partial charge on any atom is -0.477 e. The number of carboxylic acids is 1. The molecule has 0 spiro atoms. The molecule has 0 fully saturated rings. The summed E-state index contributed by atoms with van der Waals surface area (Å²) in [4.78, 5) is 19.7. The number of rotatable bonds is 2. The second kappa shape index (κ2) is 3.63. The van der Waals surface area contributed by atoms with E-state index in [4.69, 9.17) is 16.7 Å². The molecule has 0 rings (SSSR count). The van der Waals surface area contributed by atoms with Crippen LogP contribution in [-0.2, 0) is 9.59 Å². The van der Waals surface area contributed by atoms with E-state index in [0.29, 0.717) is 0 Å². The molecule has 0 aromatic heterocycles. The first-order chi connectivity index (χ1) is 4.09. The number of carboxylic acid groups (broad SMARTS) is 1. The fourth-order valence-electron chi connectivity index (χ4n) is 0.154. The van der Waals surface area contributed by atoms with Gasteiger partial charge in [-0.3, -0.25) is 4.79 Å². The molecule has 0 aliphatic rings. The molecule has 0 saturated carbocycles. The Morgan fingerprint density at radius 3 is 2.22 bits per heavy atom. The second-order valence-corrected chi connectivity index (χ2v) is 2.29. The minimum atomic E-state index is -1.26. The molecule has 0 bridgehead atoms. The lowest BCUT2D eigenvalue weighted by Gasteiger charge is -1.87. The predicted molar refractivity (Wildman–Crippen MR) is 35.5 cm³/mol. The zero-order chi connectivity index (χ0) is 7.44. The summed E-state index contributed by atoms with van der Waals surface area (Å²) in [5.74, 6) is -1.26. The van der Waals surface area contributed by atoms with Crippen LogP contribution < -0.4 is 0 Å². The van der Waals surface area contributed by atoms with Crippen LogP contribution >= 0.6 is 27.5 Å². The van der Waals surface area contributed by atoms with Crippen molar-refractivity contribution in [1.82, 2.24) is 0 Å². The standard InChI is InChI=1S/C4H2BrClO3/c5-3(4(8)9)2(6)1-7/h1H,(H,8,9). The molecule has 1 N–H and O–H groups in total. The lowest BCUT2D eigenvalue weighted by molar-refractivity contribution is -0.131. The van der Waals surface area contributed by atoms with Crippen molar-refractivity contribution in [3.05, 3.63) is 9.51 Å². The first kappa shape index (κ1) is 8.65. The van der Waals surface area contributed by atoms with Crippen LogP contribution in [0.4, 0.5) is 0 Å². The normalized spacial score (nSPS) is 12.2. The number of carbonyl (C=O) groups excluding carboxylic acids is 1. The Bertz CT molecular complexity index is 175. The highest BCUT2D eigenvalue weighted by Gasteiger charge is 2.06. The van der Waals surface area contributed by atoms with Crippen molar-refractivity contribution in [1.29, 1.82) is 0 Å². The predicted octanol–water partition coefficient (Wildman–Crippen LogP) is 1.12. The first-order valence-corrected chi connectivity index (χ1v) is 3.00.